The molecule has 0 amide bonds. The highest BCUT2D eigenvalue weighted by molar-refractivity contribution is 5.87. The summed E-state index contributed by atoms with van der Waals surface area (Å²) >= 11 is 0. The predicted molar refractivity (Wildman–Crippen MR) is 65.2 cm³/mol. The summed E-state index contributed by atoms with van der Waals surface area (Å²) in [5.41, 5.74) is -0.413. The van der Waals surface area contributed by atoms with Crippen LogP contribution in [0, 0.1) is 16.7 Å². The van der Waals surface area contributed by atoms with E-state index in [2.05, 4.69) is 0 Å². The fraction of sp³-hybridized carbons (Fsp3) is 0.857. The molecule has 0 aromatic rings. The first kappa shape index (κ1) is 13.4. The van der Waals surface area contributed by atoms with Gasteiger partial charge in [0.2, 0.25) is 0 Å². The first-order chi connectivity index (χ1) is 7.17. The van der Waals surface area contributed by atoms with Gasteiger partial charge in [-0.25, -0.2) is 0 Å². The molecule has 0 saturated heterocycles. The zero-order valence-electron chi connectivity index (χ0n) is 11.2. The zero-order chi connectivity index (χ0) is 12.6. The Morgan fingerprint density at radius 2 is 1.56 bits per heavy atom. The van der Waals surface area contributed by atoms with Crippen LogP contribution in [0.3, 0.4) is 0 Å². The van der Waals surface area contributed by atoms with E-state index in [4.69, 9.17) is 0 Å². The van der Waals surface area contributed by atoms with Crippen molar-refractivity contribution in [3.63, 3.8) is 0 Å². The molecule has 1 aliphatic rings. The Morgan fingerprint density at radius 3 is 1.88 bits per heavy atom. The van der Waals surface area contributed by atoms with Crippen molar-refractivity contribution in [2.24, 2.45) is 16.7 Å². The maximum atomic E-state index is 12.1. The highest BCUT2D eigenvalue weighted by Gasteiger charge is 2.39. The van der Waals surface area contributed by atoms with Crippen molar-refractivity contribution >= 4 is 11.6 Å². The lowest BCUT2D eigenvalue weighted by Gasteiger charge is -2.36. The Labute approximate surface area is 98.8 Å². The smallest absolute Gasteiger partial charge is 0.141 e. The summed E-state index contributed by atoms with van der Waals surface area (Å²) in [7, 11) is 0. The van der Waals surface area contributed by atoms with Crippen molar-refractivity contribution in [2.75, 3.05) is 0 Å². The van der Waals surface area contributed by atoms with Gasteiger partial charge in [0, 0.05) is 16.7 Å². The van der Waals surface area contributed by atoms with Crippen LogP contribution < -0.4 is 0 Å². The van der Waals surface area contributed by atoms with Gasteiger partial charge in [-0.3, -0.25) is 9.59 Å². The van der Waals surface area contributed by atoms with Crippen molar-refractivity contribution < 1.29 is 9.59 Å². The van der Waals surface area contributed by atoms with Gasteiger partial charge in [0.15, 0.2) is 0 Å². The van der Waals surface area contributed by atoms with E-state index < -0.39 is 0 Å². The molecule has 0 atom stereocenters. The van der Waals surface area contributed by atoms with E-state index in [1.807, 2.05) is 27.7 Å². The third-order valence-corrected chi connectivity index (χ3v) is 4.05. The van der Waals surface area contributed by atoms with Gasteiger partial charge >= 0.3 is 0 Å². The molecule has 2 nitrogen and oxygen atoms in total. The van der Waals surface area contributed by atoms with Crippen LogP contribution in [-0.2, 0) is 9.59 Å². The maximum absolute atomic E-state index is 12.1. The molecule has 0 bridgehead atoms. The molecular formula is C14H24O2. The monoisotopic (exact) mass is 224 g/mol. The van der Waals surface area contributed by atoms with E-state index in [1.54, 1.807) is 6.92 Å². The molecule has 1 rings (SSSR count). The number of carbonyl (C=O) groups excluding carboxylic acids is 2. The largest absolute Gasteiger partial charge is 0.299 e. The van der Waals surface area contributed by atoms with Crippen molar-refractivity contribution in [1.82, 2.24) is 0 Å². The summed E-state index contributed by atoms with van der Waals surface area (Å²) in [5.74, 6) is 0.805. The van der Waals surface area contributed by atoms with Gasteiger partial charge in [0.25, 0.3) is 0 Å². The molecule has 1 saturated carbocycles. The van der Waals surface area contributed by atoms with Gasteiger partial charge < -0.3 is 0 Å². The van der Waals surface area contributed by atoms with Crippen LogP contribution in [0.2, 0.25) is 0 Å². The van der Waals surface area contributed by atoms with Gasteiger partial charge in [0.1, 0.15) is 11.6 Å². The van der Waals surface area contributed by atoms with Gasteiger partial charge in [-0.15, -0.1) is 0 Å². The minimum absolute atomic E-state index is 0.172. The number of Topliss-reactive ketones (excluding diaryl/α,β-unsaturated/α-hetero) is 2. The molecule has 0 aliphatic heterocycles. The molecule has 0 aromatic heterocycles. The Morgan fingerprint density at radius 1 is 1.12 bits per heavy atom. The number of ketones is 2. The lowest BCUT2D eigenvalue weighted by atomic mass is 9.66. The molecule has 92 valence electrons. The summed E-state index contributed by atoms with van der Waals surface area (Å²) in [4.78, 5) is 23.6. The minimum Gasteiger partial charge on any atom is -0.299 e. The first-order valence-corrected chi connectivity index (χ1v) is 6.22. The third kappa shape index (κ3) is 2.72. The summed E-state index contributed by atoms with van der Waals surface area (Å²) in [6.07, 6.45) is 3.50. The highest BCUT2D eigenvalue weighted by Crippen LogP contribution is 2.41. The number of rotatable bonds is 2. The normalized spacial score (nSPS) is 31.2. The Bertz CT molecular complexity index is 288. The van der Waals surface area contributed by atoms with Crippen LogP contribution >= 0.6 is 0 Å². The number of carbonyl (C=O) groups is 2. The topological polar surface area (TPSA) is 34.1 Å². The van der Waals surface area contributed by atoms with Crippen LogP contribution in [0.1, 0.15) is 60.3 Å². The first-order valence-electron chi connectivity index (χ1n) is 6.22. The van der Waals surface area contributed by atoms with E-state index in [0.717, 1.165) is 25.7 Å². The quantitative estimate of drug-likeness (QED) is 0.720. The fourth-order valence-electron chi connectivity index (χ4n) is 2.48. The summed E-state index contributed by atoms with van der Waals surface area (Å²) in [5, 5.41) is 0. The van der Waals surface area contributed by atoms with Crippen LogP contribution in [0.4, 0.5) is 0 Å². The standard InChI is InChI=1S/C14H24O2/c1-10(15)14(5)8-6-11(7-9-14)12(16)13(2,3)4/h11H,6-9H2,1-5H3. The van der Waals surface area contributed by atoms with E-state index in [-0.39, 0.29) is 22.5 Å². The van der Waals surface area contributed by atoms with Crippen LogP contribution in [0.25, 0.3) is 0 Å². The number of hydrogen-bond acceptors (Lipinski definition) is 2. The molecular weight excluding hydrogens is 200 g/mol. The molecule has 0 aromatic carbocycles. The average molecular weight is 224 g/mol. The highest BCUT2D eigenvalue weighted by atomic mass is 16.1. The molecule has 1 fully saturated rings. The molecule has 0 heterocycles. The SMILES string of the molecule is CC(=O)C1(C)CCC(C(=O)C(C)(C)C)CC1. The van der Waals surface area contributed by atoms with Crippen molar-refractivity contribution in [3.8, 4) is 0 Å². The Kier molecular flexibility index (Phi) is 3.61. The van der Waals surface area contributed by atoms with Crippen LogP contribution in [0.15, 0.2) is 0 Å². The van der Waals surface area contributed by atoms with Gasteiger partial charge in [-0.1, -0.05) is 27.7 Å². The van der Waals surface area contributed by atoms with Crippen molar-refractivity contribution in [3.05, 3.63) is 0 Å². The molecule has 1 aliphatic carbocycles. The average Bonchev–Trinajstić information content (AvgIpc) is 2.16. The fourth-order valence-corrected chi connectivity index (χ4v) is 2.48. The van der Waals surface area contributed by atoms with Gasteiger partial charge in [-0.2, -0.15) is 0 Å². The zero-order valence-corrected chi connectivity index (χ0v) is 11.2. The van der Waals surface area contributed by atoms with E-state index in [9.17, 15) is 9.59 Å². The van der Waals surface area contributed by atoms with Crippen LogP contribution in [0.5, 0.6) is 0 Å². The molecule has 16 heavy (non-hydrogen) atoms. The maximum Gasteiger partial charge on any atom is 0.141 e. The number of hydrogen-bond donors (Lipinski definition) is 0. The lowest BCUT2D eigenvalue weighted by Crippen LogP contribution is -2.36. The second-order valence-corrected chi connectivity index (χ2v) is 6.51. The summed E-state index contributed by atoms with van der Waals surface area (Å²) in [6, 6.07) is 0. The van der Waals surface area contributed by atoms with Crippen LogP contribution in [-0.4, -0.2) is 11.6 Å². The molecule has 0 unspecified atom stereocenters. The Hall–Kier alpha value is -0.660. The summed E-state index contributed by atoms with van der Waals surface area (Å²) < 4.78 is 0. The van der Waals surface area contributed by atoms with Crippen molar-refractivity contribution in [2.45, 2.75) is 60.3 Å². The van der Waals surface area contributed by atoms with Gasteiger partial charge in [0.05, 0.1) is 0 Å². The van der Waals surface area contributed by atoms with E-state index in [1.165, 1.54) is 0 Å². The third-order valence-electron chi connectivity index (χ3n) is 4.05. The minimum atomic E-state index is -0.241. The lowest BCUT2D eigenvalue weighted by molar-refractivity contribution is -0.135. The molecule has 0 spiro atoms. The van der Waals surface area contributed by atoms with E-state index in [0.29, 0.717) is 5.78 Å². The molecule has 0 N–H and O–H groups in total. The van der Waals surface area contributed by atoms with Gasteiger partial charge in [-0.05, 0) is 32.6 Å². The second-order valence-electron chi connectivity index (χ2n) is 6.51. The second kappa shape index (κ2) is 4.31. The molecule has 0 radical (unpaired) electrons. The molecule has 2 heteroatoms. The van der Waals surface area contributed by atoms with Crippen molar-refractivity contribution in [1.29, 1.82) is 0 Å². The predicted octanol–water partition coefficient (Wildman–Crippen LogP) is 3.39. The Balaban J connectivity index is 2.63. The summed E-state index contributed by atoms with van der Waals surface area (Å²) in [6.45, 7) is 9.65. The van der Waals surface area contributed by atoms with E-state index >= 15 is 0 Å².